The lowest BCUT2D eigenvalue weighted by molar-refractivity contribution is 0.406. The highest BCUT2D eigenvalue weighted by atomic mass is 32.2. The third-order valence-corrected chi connectivity index (χ3v) is 4.02. The Kier molecular flexibility index (Phi) is 10.8. The fourth-order valence-electron chi connectivity index (χ4n) is 1.62. The van der Waals surface area contributed by atoms with Gasteiger partial charge in [0.1, 0.15) is 5.54 Å². The Hall–Kier alpha value is -0.200. The molecule has 0 rings (SSSR count). The number of nitriles is 1. The van der Waals surface area contributed by atoms with Crippen molar-refractivity contribution in [2.24, 2.45) is 0 Å². The number of nitrogens with zero attached hydrogens (tertiary/aromatic N) is 1. The van der Waals surface area contributed by atoms with E-state index in [0.29, 0.717) is 0 Å². The van der Waals surface area contributed by atoms with Gasteiger partial charge in [-0.1, -0.05) is 20.3 Å². The van der Waals surface area contributed by atoms with Gasteiger partial charge in [0.2, 0.25) is 0 Å². The number of rotatable bonds is 11. The molecule has 0 saturated carbocycles. The van der Waals surface area contributed by atoms with Crippen LogP contribution in [0.1, 0.15) is 59.3 Å². The molecule has 0 heterocycles. The van der Waals surface area contributed by atoms with Crippen molar-refractivity contribution in [3.8, 4) is 6.07 Å². The molecule has 0 aliphatic heterocycles. The molecule has 100 valence electrons. The first-order chi connectivity index (χ1) is 8.18. The van der Waals surface area contributed by atoms with Gasteiger partial charge in [0.25, 0.3) is 0 Å². The lowest BCUT2D eigenvalue weighted by Crippen LogP contribution is -2.41. The van der Waals surface area contributed by atoms with E-state index in [0.717, 1.165) is 25.8 Å². The van der Waals surface area contributed by atoms with Crippen molar-refractivity contribution in [1.82, 2.24) is 5.32 Å². The highest BCUT2D eigenvalue weighted by molar-refractivity contribution is 7.99. The van der Waals surface area contributed by atoms with Crippen LogP contribution in [0.15, 0.2) is 0 Å². The Morgan fingerprint density at radius 3 is 2.41 bits per heavy atom. The highest BCUT2D eigenvalue weighted by Crippen LogP contribution is 2.15. The first-order valence-corrected chi connectivity index (χ1v) is 8.08. The molecule has 1 atom stereocenters. The van der Waals surface area contributed by atoms with Crippen LogP contribution < -0.4 is 5.32 Å². The van der Waals surface area contributed by atoms with Gasteiger partial charge in [0, 0.05) is 0 Å². The molecule has 0 fully saturated rings. The summed E-state index contributed by atoms with van der Waals surface area (Å²) in [4.78, 5) is 0. The Morgan fingerprint density at radius 2 is 1.82 bits per heavy atom. The van der Waals surface area contributed by atoms with Crippen molar-refractivity contribution in [1.29, 1.82) is 5.26 Å². The maximum atomic E-state index is 9.17. The average Bonchev–Trinajstić information content (AvgIpc) is 2.35. The minimum Gasteiger partial charge on any atom is -0.300 e. The van der Waals surface area contributed by atoms with Gasteiger partial charge >= 0.3 is 0 Å². The summed E-state index contributed by atoms with van der Waals surface area (Å²) >= 11 is 2.05. The molecular weight excluding hydrogens is 228 g/mol. The summed E-state index contributed by atoms with van der Waals surface area (Å²) in [5.74, 6) is 2.54. The third kappa shape index (κ3) is 9.50. The Balaban J connectivity index is 3.53. The maximum absolute atomic E-state index is 9.17. The molecule has 0 aromatic carbocycles. The van der Waals surface area contributed by atoms with Crippen LogP contribution in [0, 0.1) is 11.3 Å². The summed E-state index contributed by atoms with van der Waals surface area (Å²) in [6, 6.07) is 2.41. The quantitative estimate of drug-likeness (QED) is 0.568. The Morgan fingerprint density at radius 1 is 1.12 bits per heavy atom. The van der Waals surface area contributed by atoms with Crippen molar-refractivity contribution in [3.63, 3.8) is 0 Å². The molecule has 1 N–H and O–H groups in total. The molecule has 1 unspecified atom stereocenters. The Bertz CT molecular complexity index is 213. The zero-order valence-electron chi connectivity index (χ0n) is 11.7. The van der Waals surface area contributed by atoms with Gasteiger partial charge in [-0.2, -0.15) is 17.0 Å². The van der Waals surface area contributed by atoms with E-state index < -0.39 is 0 Å². The van der Waals surface area contributed by atoms with E-state index in [9.17, 15) is 0 Å². The lowest BCUT2D eigenvalue weighted by atomic mass is 9.96. The van der Waals surface area contributed by atoms with Gasteiger partial charge in [-0.05, 0) is 57.1 Å². The molecule has 0 aromatic rings. The molecule has 3 heteroatoms. The third-order valence-electron chi connectivity index (χ3n) is 2.87. The summed E-state index contributed by atoms with van der Waals surface area (Å²) in [5.41, 5.74) is -0.315. The molecule has 2 nitrogen and oxygen atoms in total. The van der Waals surface area contributed by atoms with Crippen molar-refractivity contribution >= 4 is 11.8 Å². The SMILES string of the molecule is CCCCSCCCCC(C)(C#N)NCCC. The van der Waals surface area contributed by atoms with Gasteiger partial charge in [-0.15, -0.1) is 0 Å². The largest absolute Gasteiger partial charge is 0.300 e. The molecule has 0 radical (unpaired) electrons. The first kappa shape index (κ1) is 16.8. The van der Waals surface area contributed by atoms with Crippen LogP contribution in [-0.2, 0) is 0 Å². The molecular formula is C14H28N2S. The van der Waals surface area contributed by atoms with Crippen LogP contribution in [0.4, 0.5) is 0 Å². The van der Waals surface area contributed by atoms with Gasteiger partial charge in [0.15, 0.2) is 0 Å². The van der Waals surface area contributed by atoms with E-state index in [1.165, 1.54) is 30.8 Å². The number of hydrogen-bond donors (Lipinski definition) is 1. The van der Waals surface area contributed by atoms with E-state index in [1.807, 2.05) is 6.92 Å². The zero-order chi connectivity index (χ0) is 13.0. The minimum atomic E-state index is -0.315. The van der Waals surface area contributed by atoms with Crippen LogP contribution in [0.3, 0.4) is 0 Å². The van der Waals surface area contributed by atoms with E-state index in [4.69, 9.17) is 5.26 Å². The topological polar surface area (TPSA) is 35.8 Å². The minimum absolute atomic E-state index is 0.315. The molecule has 0 spiro atoms. The normalized spacial score (nSPS) is 14.2. The smallest absolute Gasteiger partial charge is 0.103 e. The molecule has 0 bridgehead atoms. The standard InChI is InChI=1S/C14H28N2S/c1-4-6-11-17-12-8-7-9-14(3,13-15)16-10-5-2/h16H,4-12H2,1-3H3. The summed E-state index contributed by atoms with van der Waals surface area (Å²) in [7, 11) is 0. The fraction of sp³-hybridized carbons (Fsp3) is 0.929. The monoisotopic (exact) mass is 256 g/mol. The average molecular weight is 256 g/mol. The molecule has 0 aliphatic rings. The molecule has 0 amide bonds. The number of thioether (sulfide) groups is 1. The molecule has 17 heavy (non-hydrogen) atoms. The van der Waals surface area contributed by atoms with Crippen molar-refractivity contribution < 1.29 is 0 Å². The first-order valence-electron chi connectivity index (χ1n) is 6.92. The molecule has 0 aromatic heterocycles. The van der Waals surface area contributed by atoms with Gasteiger partial charge in [-0.3, -0.25) is 5.32 Å². The van der Waals surface area contributed by atoms with Gasteiger partial charge < -0.3 is 0 Å². The number of nitrogens with one attached hydrogen (secondary N) is 1. The fourth-order valence-corrected chi connectivity index (χ4v) is 2.72. The van der Waals surface area contributed by atoms with Crippen LogP contribution >= 0.6 is 11.8 Å². The van der Waals surface area contributed by atoms with Gasteiger partial charge in [-0.25, -0.2) is 0 Å². The van der Waals surface area contributed by atoms with Crippen LogP contribution in [0.5, 0.6) is 0 Å². The van der Waals surface area contributed by atoms with Gasteiger partial charge in [0.05, 0.1) is 6.07 Å². The zero-order valence-corrected chi connectivity index (χ0v) is 12.5. The summed E-state index contributed by atoms with van der Waals surface area (Å²) in [6.07, 6.45) is 7.07. The number of hydrogen-bond acceptors (Lipinski definition) is 3. The van der Waals surface area contributed by atoms with Crippen LogP contribution in [0.2, 0.25) is 0 Å². The molecule has 0 saturated heterocycles. The Labute approximate surface area is 112 Å². The highest BCUT2D eigenvalue weighted by Gasteiger charge is 2.21. The van der Waals surface area contributed by atoms with E-state index in [-0.39, 0.29) is 5.54 Å². The van der Waals surface area contributed by atoms with Crippen molar-refractivity contribution in [2.45, 2.75) is 64.8 Å². The summed E-state index contributed by atoms with van der Waals surface area (Å²) in [5, 5.41) is 12.5. The lowest BCUT2D eigenvalue weighted by Gasteiger charge is -2.22. The van der Waals surface area contributed by atoms with Crippen LogP contribution in [-0.4, -0.2) is 23.6 Å². The second-order valence-electron chi connectivity index (χ2n) is 4.79. The predicted molar refractivity (Wildman–Crippen MR) is 78.4 cm³/mol. The van der Waals surface area contributed by atoms with Crippen molar-refractivity contribution in [2.75, 3.05) is 18.1 Å². The van der Waals surface area contributed by atoms with Crippen LogP contribution in [0.25, 0.3) is 0 Å². The summed E-state index contributed by atoms with van der Waals surface area (Å²) < 4.78 is 0. The number of unbranched alkanes of at least 4 members (excludes halogenated alkanes) is 2. The predicted octanol–water partition coefficient (Wildman–Crippen LogP) is 3.97. The maximum Gasteiger partial charge on any atom is 0.103 e. The van der Waals surface area contributed by atoms with E-state index >= 15 is 0 Å². The van der Waals surface area contributed by atoms with Crippen molar-refractivity contribution in [3.05, 3.63) is 0 Å². The van der Waals surface area contributed by atoms with E-state index in [2.05, 4.69) is 37.0 Å². The summed E-state index contributed by atoms with van der Waals surface area (Å²) in [6.45, 7) is 7.33. The second-order valence-corrected chi connectivity index (χ2v) is 6.02. The van der Waals surface area contributed by atoms with E-state index in [1.54, 1.807) is 0 Å². The second kappa shape index (κ2) is 10.9. The molecule has 0 aliphatic carbocycles.